The average Bonchev–Trinajstić information content (AvgIpc) is 2.50. The zero-order valence-electron chi connectivity index (χ0n) is 12.3. The molecule has 6 nitrogen and oxygen atoms in total. The van der Waals surface area contributed by atoms with Gasteiger partial charge in [-0.25, -0.2) is 0 Å². The zero-order chi connectivity index (χ0) is 17.7. The van der Waals surface area contributed by atoms with Crippen LogP contribution < -0.4 is 10.6 Å². The molecule has 0 heterocycles. The SMILES string of the molecule is O=C(NCCS(=O)(=O)O)c1ccccc1Nc1c(Cl)cccc1Cl. The minimum atomic E-state index is -4.14. The molecule has 0 aromatic heterocycles. The summed E-state index contributed by atoms with van der Waals surface area (Å²) in [5, 5.41) is 6.22. The van der Waals surface area contributed by atoms with E-state index in [1.807, 2.05) is 0 Å². The highest BCUT2D eigenvalue weighted by Gasteiger charge is 2.14. The van der Waals surface area contributed by atoms with Crippen LogP contribution in [-0.4, -0.2) is 31.2 Å². The van der Waals surface area contributed by atoms with Crippen molar-refractivity contribution in [1.82, 2.24) is 5.32 Å². The van der Waals surface area contributed by atoms with Crippen LogP contribution in [0.1, 0.15) is 10.4 Å². The smallest absolute Gasteiger partial charge is 0.266 e. The minimum absolute atomic E-state index is 0.209. The highest BCUT2D eigenvalue weighted by atomic mass is 35.5. The van der Waals surface area contributed by atoms with Crippen molar-refractivity contribution in [3.8, 4) is 0 Å². The molecule has 0 fully saturated rings. The Morgan fingerprint density at radius 1 is 1.04 bits per heavy atom. The standard InChI is InChI=1S/C15H14Cl2N2O4S/c16-11-5-3-6-12(17)14(11)19-13-7-2-1-4-10(13)15(20)18-8-9-24(21,22)23/h1-7,19H,8-9H2,(H,18,20)(H,21,22,23). The van der Waals surface area contributed by atoms with Crippen molar-refractivity contribution in [3.05, 3.63) is 58.1 Å². The molecular weight excluding hydrogens is 375 g/mol. The van der Waals surface area contributed by atoms with Crippen LogP contribution in [0.3, 0.4) is 0 Å². The Morgan fingerprint density at radius 3 is 2.29 bits per heavy atom. The number of halogens is 2. The van der Waals surface area contributed by atoms with Crippen LogP contribution in [0.15, 0.2) is 42.5 Å². The first-order chi connectivity index (χ1) is 11.3. The van der Waals surface area contributed by atoms with Crippen molar-refractivity contribution in [3.63, 3.8) is 0 Å². The number of amides is 1. The monoisotopic (exact) mass is 388 g/mol. The molecule has 3 N–H and O–H groups in total. The number of benzene rings is 2. The number of carbonyl (C=O) groups is 1. The number of hydrogen-bond donors (Lipinski definition) is 3. The number of nitrogens with one attached hydrogen (secondary N) is 2. The summed E-state index contributed by atoms with van der Waals surface area (Å²) in [5.74, 6) is -1.06. The Morgan fingerprint density at radius 2 is 1.67 bits per heavy atom. The molecule has 0 aliphatic heterocycles. The second-order valence-electron chi connectivity index (χ2n) is 4.81. The molecule has 0 atom stereocenters. The zero-order valence-corrected chi connectivity index (χ0v) is 14.6. The van der Waals surface area contributed by atoms with Crippen molar-refractivity contribution in [2.45, 2.75) is 0 Å². The molecule has 0 aliphatic rings. The second kappa shape index (κ2) is 7.85. The third-order valence-corrected chi connectivity index (χ3v) is 4.39. The maximum absolute atomic E-state index is 12.2. The van der Waals surface area contributed by atoms with Crippen molar-refractivity contribution in [2.24, 2.45) is 0 Å². The van der Waals surface area contributed by atoms with Gasteiger partial charge in [0.25, 0.3) is 16.0 Å². The van der Waals surface area contributed by atoms with Gasteiger partial charge < -0.3 is 10.6 Å². The van der Waals surface area contributed by atoms with Gasteiger partial charge in [0.2, 0.25) is 0 Å². The third kappa shape index (κ3) is 5.10. The number of carbonyl (C=O) groups excluding carboxylic acids is 1. The van der Waals surface area contributed by atoms with E-state index in [1.54, 1.807) is 42.5 Å². The van der Waals surface area contributed by atoms with Crippen LogP contribution in [0.2, 0.25) is 10.0 Å². The third-order valence-electron chi connectivity index (χ3n) is 3.04. The molecule has 2 aromatic rings. The molecule has 24 heavy (non-hydrogen) atoms. The van der Waals surface area contributed by atoms with Gasteiger partial charge in [-0.15, -0.1) is 0 Å². The number of anilines is 2. The lowest BCUT2D eigenvalue weighted by Gasteiger charge is -2.14. The minimum Gasteiger partial charge on any atom is -0.352 e. The largest absolute Gasteiger partial charge is 0.352 e. The fourth-order valence-corrected chi connectivity index (χ4v) is 2.78. The van der Waals surface area contributed by atoms with Crippen LogP contribution in [0, 0.1) is 0 Å². The molecule has 128 valence electrons. The van der Waals surface area contributed by atoms with Crippen molar-refractivity contribution in [1.29, 1.82) is 0 Å². The normalized spacial score (nSPS) is 11.1. The van der Waals surface area contributed by atoms with Crippen LogP contribution in [0.25, 0.3) is 0 Å². The van der Waals surface area contributed by atoms with Gasteiger partial charge in [-0.2, -0.15) is 8.42 Å². The van der Waals surface area contributed by atoms with Gasteiger partial charge in [-0.05, 0) is 24.3 Å². The van der Waals surface area contributed by atoms with Crippen LogP contribution >= 0.6 is 23.2 Å². The molecule has 0 radical (unpaired) electrons. The predicted octanol–water partition coefficient (Wildman–Crippen LogP) is 3.35. The molecule has 0 aliphatic carbocycles. The first kappa shape index (κ1) is 18.5. The molecule has 2 aromatic carbocycles. The summed E-state index contributed by atoms with van der Waals surface area (Å²) < 4.78 is 30.1. The molecule has 2 rings (SSSR count). The number of hydrogen-bond acceptors (Lipinski definition) is 4. The highest BCUT2D eigenvalue weighted by Crippen LogP contribution is 2.33. The van der Waals surface area contributed by atoms with Gasteiger partial charge in [0.05, 0.1) is 32.7 Å². The van der Waals surface area contributed by atoms with Gasteiger partial charge in [0.15, 0.2) is 0 Å². The first-order valence-corrected chi connectivity index (χ1v) is 9.18. The van der Waals surface area contributed by atoms with Crippen molar-refractivity contribution >= 4 is 50.6 Å². The Hall–Kier alpha value is -1.80. The van der Waals surface area contributed by atoms with E-state index < -0.39 is 21.8 Å². The fraction of sp³-hybridized carbons (Fsp3) is 0.133. The maximum atomic E-state index is 12.2. The van der Waals surface area contributed by atoms with Crippen molar-refractivity contribution < 1.29 is 17.8 Å². The van der Waals surface area contributed by atoms with Crippen LogP contribution in [-0.2, 0) is 10.1 Å². The molecule has 9 heteroatoms. The topological polar surface area (TPSA) is 95.5 Å². The summed E-state index contributed by atoms with van der Waals surface area (Å²) in [6.45, 7) is -0.209. The van der Waals surface area contributed by atoms with E-state index in [0.29, 0.717) is 21.4 Å². The lowest BCUT2D eigenvalue weighted by atomic mass is 10.1. The quantitative estimate of drug-likeness (QED) is 0.659. The number of para-hydroxylation sites is 2. The number of rotatable bonds is 6. The molecule has 1 amide bonds. The summed E-state index contributed by atoms with van der Waals surface area (Å²) in [6, 6.07) is 11.6. The van der Waals surface area contributed by atoms with Crippen molar-refractivity contribution in [2.75, 3.05) is 17.6 Å². The Bertz CT molecular complexity index is 836. The van der Waals surface area contributed by atoms with Gasteiger partial charge >= 0.3 is 0 Å². The van der Waals surface area contributed by atoms with E-state index >= 15 is 0 Å². The van der Waals surface area contributed by atoms with Gasteiger partial charge in [-0.1, -0.05) is 41.4 Å². The van der Waals surface area contributed by atoms with E-state index in [2.05, 4.69) is 10.6 Å². The Balaban J connectivity index is 2.20. The summed E-state index contributed by atoms with van der Waals surface area (Å²) in [6.07, 6.45) is 0. The van der Waals surface area contributed by atoms with Gasteiger partial charge in [0, 0.05) is 6.54 Å². The molecule has 0 bridgehead atoms. The molecule has 0 unspecified atom stereocenters. The van der Waals surface area contributed by atoms with E-state index in [4.69, 9.17) is 27.8 Å². The summed E-state index contributed by atoms with van der Waals surface area (Å²) >= 11 is 12.2. The van der Waals surface area contributed by atoms with E-state index in [-0.39, 0.29) is 12.1 Å². The summed E-state index contributed by atoms with van der Waals surface area (Å²) in [5.41, 5.74) is 1.19. The molecule has 0 saturated carbocycles. The first-order valence-electron chi connectivity index (χ1n) is 6.81. The fourth-order valence-electron chi connectivity index (χ4n) is 1.93. The Labute approximate surface area is 149 Å². The van der Waals surface area contributed by atoms with E-state index in [0.717, 1.165) is 0 Å². The maximum Gasteiger partial charge on any atom is 0.266 e. The van der Waals surface area contributed by atoms with Crippen LogP contribution in [0.5, 0.6) is 0 Å². The van der Waals surface area contributed by atoms with Gasteiger partial charge in [0.1, 0.15) is 0 Å². The predicted molar refractivity (Wildman–Crippen MR) is 94.9 cm³/mol. The summed E-state index contributed by atoms with van der Waals surface area (Å²) in [4.78, 5) is 12.2. The molecular formula is C15H14Cl2N2O4S. The van der Waals surface area contributed by atoms with E-state index in [9.17, 15) is 13.2 Å². The lowest BCUT2D eigenvalue weighted by Crippen LogP contribution is -2.29. The second-order valence-corrected chi connectivity index (χ2v) is 7.20. The molecule has 0 spiro atoms. The molecule has 0 saturated heterocycles. The average molecular weight is 389 g/mol. The highest BCUT2D eigenvalue weighted by molar-refractivity contribution is 7.85. The van der Waals surface area contributed by atoms with Gasteiger partial charge in [-0.3, -0.25) is 9.35 Å². The lowest BCUT2D eigenvalue weighted by molar-refractivity contribution is 0.0957. The van der Waals surface area contributed by atoms with Crippen LogP contribution in [0.4, 0.5) is 11.4 Å². The Kier molecular flexibility index (Phi) is 6.06. The summed E-state index contributed by atoms with van der Waals surface area (Å²) in [7, 11) is -4.14. The van der Waals surface area contributed by atoms with E-state index in [1.165, 1.54) is 0 Å².